The number of rotatable bonds is 3. The monoisotopic (exact) mass is 329 g/mol. The van der Waals surface area contributed by atoms with Gasteiger partial charge < -0.3 is 5.32 Å². The van der Waals surface area contributed by atoms with Crippen LogP contribution in [0.4, 0.5) is 0 Å². The molecule has 2 rings (SSSR count). The zero-order valence-electron chi connectivity index (χ0n) is 10.9. The molecule has 0 aromatic heterocycles. The van der Waals surface area contributed by atoms with Crippen molar-refractivity contribution in [2.45, 2.75) is 51.6 Å². The van der Waals surface area contributed by atoms with Gasteiger partial charge in [-0.2, -0.15) is 0 Å². The summed E-state index contributed by atoms with van der Waals surface area (Å²) in [6, 6.07) is 6.64. The van der Waals surface area contributed by atoms with Gasteiger partial charge in [-0.25, -0.2) is 0 Å². The van der Waals surface area contributed by atoms with Crippen LogP contribution < -0.4 is 5.32 Å². The molecule has 3 heteroatoms. The van der Waals surface area contributed by atoms with Crippen LogP contribution >= 0.6 is 27.5 Å². The maximum absolute atomic E-state index is 6.04. The van der Waals surface area contributed by atoms with E-state index in [9.17, 15) is 0 Å². The van der Waals surface area contributed by atoms with Crippen molar-refractivity contribution in [3.8, 4) is 0 Å². The average Bonchev–Trinajstić information content (AvgIpc) is 2.55. The van der Waals surface area contributed by atoms with Gasteiger partial charge in [-0.15, -0.1) is 0 Å². The molecule has 2 atom stereocenters. The molecular formula is C15H21BrClN. The topological polar surface area (TPSA) is 12.0 Å². The Morgan fingerprint density at radius 2 is 2.06 bits per heavy atom. The van der Waals surface area contributed by atoms with Crippen LogP contribution in [0.1, 0.15) is 44.6 Å². The Bertz CT molecular complexity index is 394. The van der Waals surface area contributed by atoms with Gasteiger partial charge in [0.1, 0.15) is 0 Å². The summed E-state index contributed by atoms with van der Waals surface area (Å²) < 4.78 is 1.14. The van der Waals surface area contributed by atoms with Gasteiger partial charge in [-0.05, 0) is 42.5 Å². The Morgan fingerprint density at radius 1 is 1.28 bits per heavy atom. The molecule has 1 N–H and O–H groups in total. The Balaban J connectivity index is 1.95. The van der Waals surface area contributed by atoms with E-state index in [2.05, 4.69) is 28.2 Å². The van der Waals surface area contributed by atoms with E-state index in [1.54, 1.807) is 0 Å². The molecule has 0 amide bonds. The molecule has 1 aliphatic carbocycles. The van der Waals surface area contributed by atoms with Crippen LogP contribution in [0.5, 0.6) is 0 Å². The predicted molar refractivity (Wildman–Crippen MR) is 82.0 cm³/mol. The van der Waals surface area contributed by atoms with Gasteiger partial charge in [-0.1, -0.05) is 53.7 Å². The van der Waals surface area contributed by atoms with E-state index < -0.39 is 0 Å². The summed E-state index contributed by atoms with van der Waals surface area (Å²) in [4.78, 5) is 0. The summed E-state index contributed by atoms with van der Waals surface area (Å²) in [6.07, 6.45) is 6.80. The fourth-order valence-electron chi connectivity index (χ4n) is 2.72. The number of benzene rings is 1. The van der Waals surface area contributed by atoms with E-state index in [4.69, 9.17) is 11.6 Å². The van der Waals surface area contributed by atoms with Crippen LogP contribution in [0.15, 0.2) is 22.7 Å². The minimum atomic E-state index is 0.651. The van der Waals surface area contributed by atoms with Crippen molar-refractivity contribution in [1.82, 2.24) is 5.32 Å². The molecule has 2 unspecified atom stereocenters. The van der Waals surface area contributed by atoms with Gasteiger partial charge in [0.2, 0.25) is 0 Å². The van der Waals surface area contributed by atoms with E-state index in [1.165, 1.54) is 37.7 Å². The number of nitrogens with one attached hydrogen (secondary N) is 1. The first-order valence-electron chi connectivity index (χ1n) is 6.84. The summed E-state index contributed by atoms with van der Waals surface area (Å²) in [5.74, 6) is 0.783. The van der Waals surface area contributed by atoms with Crippen molar-refractivity contribution in [2.75, 3.05) is 0 Å². The van der Waals surface area contributed by atoms with Crippen LogP contribution in [-0.4, -0.2) is 6.04 Å². The van der Waals surface area contributed by atoms with E-state index in [0.717, 1.165) is 22.0 Å². The van der Waals surface area contributed by atoms with Crippen LogP contribution in [-0.2, 0) is 6.54 Å². The standard InChI is InChI=1S/C15H21BrClN/c1-11-5-3-2-4-6-15(11)18-10-12-9-13(17)7-8-14(12)16/h7-9,11,15,18H,2-6,10H2,1H3. The molecule has 0 saturated heterocycles. The normalized spacial score (nSPS) is 24.8. The molecule has 1 fully saturated rings. The van der Waals surface area contributed by atoms with Crippen molar-refractivity contribution < 1.29 is 0 Å². The van der Waals surface area contributed by atoms with Gasteiger partial charge >= 0.3 is 0 Å². The van der Waals surface area contributed by atoms with Gasteiger partial charge in [0.25, 0.3) is 0 Å². The van der Waals surface area contributed by atoms with Gasteiger partial charge in [-0.3, -0.25) is 0 Å². The smallest absolute Gasteiger partial charge is 0.0410 e. The lowest BCUT2D eigenvalue weighted by atomic mass is 9.97. The van der Waals surface area contributed by atoms with Crippen molar-refractivity contribution in [1.29, 1.82) is 0 Å². The molecule has 0 heterocycles. The molecule has 1 aromatic carbocycles. The van der Waals surface area contributed by atoms with E-state index in [-0.39, 0.29) is 0 Å². The predicted octanol–water partition coefficient (Wildman–Crippen LogP) is 5.16. The minimum absolute atomic E-state index is 0.651. The van der Waals surface area contributed by atoms with Crippen LogP contribution in [0.25, 0.3) is 0 Å². The second kappa shape index (κ2) is 6.93. The van der Waals surface area contributed by atoms with Gasteiger partial charge in [0, 0.05) is 22.1 Å². The highest BCUT2D eigenvalue weighted by Crippen LogP contribution is 2.25. The molecule has 18 heavy (non-hydrogen) atoms. The Morgan fingerprint density at radius 3 is 2.89 bits per heavy atom. The molecule has 1 aliphatic rings. The molecular weight excluding hydrogens is 310 g/mol. The highest BCUT2D eigenvalue weighted by atomic mass is 79.9. The lowest BCUT2D eigenvalue weighted by Crippen LogP contribution is -2.33. The third kappa shape index (κ3) is 3.97. The number of hydrogen-bond donors (Lipinski definition) is 1. The maximum atomic E-state index is 6.04. The molecule has 0 aliphatic heterocycles. The Labute approximate surface area is 123 Å². The average molecular weight is 331 g/mol. The molecule has 100 valence electrons. The van der Waals surface area contributed by atoms with Gasteiger partial charge in [0.05, 0.1) is 0 Å². The van der Waals surface area contributed by atoms with Gasteiger partial charge in [0.15, 0.2) is 0 Å². The highest BCUT2D eigenvalue weighted by Gasteiger charge is 2.19. The van der Waals surface area contributed by atoms with E-state index >= 15 is 0 Å². The van der Waals surface area contributed by atoms with E-state index in [1.807, 2.05) is 18.2 Å². The zero-order valence-corrected chi connectivity index (χ0v) is 13.2. The largest absolute Gasteiger partial charge is 0.310 e. The number of hydrogen-bond acceptors (Lipinski definition) is 1. The Hall–Kier alpha value is -0.0500. The summed E-state index contributed by atoms with van der Waals surface area (Å²) in [6.45, 7) is 3.27. The summed E-state index contributed by atoms with van der Waals surface area (Å²) in [5.41, 5.74) is 1.25. The summed E-state index contributed by atoms with van der Waals surface area (Å²) in [7, 11) is 0. The second-order valence-electron chi connectivity index (χ2n) is 5.34. The fourth-order valence-corrected chi connectivity index (χ4v) is 3.30. The van der Waals surface area contributed by atoms with Crippen molar-refractivity contribution in [2.24, 2.45) is 5.92 Å². The quantitative estimate of drug-likeness (QED) is 0.755. The summed E-state index contributed by atoms with van der Waals surface area (Å²) in [5, 5.41) is 4.52. The molecule has 1 saturated carbocycles. The first-order valence-corrected chi connectivity index (χ1v) is 8.01. The highest BCUT2D eigenvalue weighted by molar-refractivity contribution is 9.10. The second-order valence-corrected chi connectivity index (χ2v) is 6.63. The lowest BCUT2D eigenvalue weighted by molar-refractivity contribution is 0.356. The van der Waals surface area contributed by atoms with E-state index in [0.29, 0.717) is 6.04 Å². The molecule has 0 bridgehead atoms. The fraction of sp³-hybridized carbons (Fsp3) is 0.600. The first-order chi connectivity index (χ1) is 8.66. The maximum Gasteiger partial charge on any atom is 0.0410 e. The lowest BCUT2D eigenvalue weighted by Gasteiger charge is -2.23. The third-order valence-corrected chi connectivity index (χ3v) is 4.93. The third-order valence-electron chi connectivity index (χ3n) is 3.92. The van der Waals surface area contributed by atoms with Crippen molar-refractivity contribution >= 4 is 27.5 Å². The summed E-state index contributed by atoms with van der Waals surface area (Å²) >= 11 is 9.63. The Kier molecular flexibility index (Phi) is 5.53. The molecule has 0 spiro atoms. The minimum Gasteiger partial charge on any atom is -0.310 e. The molecule has 0 radical (unpaired) electrons. The van der Waals surface area contributed by atoms with Crippen molar-refractivity contribution in [3.05, 3.63) is 33.3 Å². The van der Waals surface area contributed by atoms with Crippen molar-refractivity contribution in [3.63, 3.8) is 0 Å². The number of halogens is 2. The molecule has 1 aromatic rings. The van der Waals surface area contributed by atoms with Crippen LogP contribution in [0, 0.1) is 5.92 Å². The first kappa shape index (κ1) is 14.4. The van der Waals surface area contributed by atoms with Crippen LogP contribution in [0.3, 0.4) is 0 Å². The zero-order chi connectivity index (χ0) is 13.0. The SMILES string of the molecule is CC1CCCCCC1NCc1cc(Cl)ccc1Br. The molecule has 1 nitrogen and oxygen atoms in total. The van der Waals surface area contributed by atoms with Crippen LogP contribution in [0.2, 0.25) is 5.02 Å².